The van der Waals surface area contributed by atoms with Gasteiger partial charge in [-0.1, -0.05) is 0 Å². The molecule has 0 saturated carbocycles. The molecule has 0 aliphatic carbocycles. The first kappa shape index (κ1) is 20.1. The Morgan fingerprint density at radius 3 is 2.76 bits per heavy atom. The van der Waals surface area contributed by atoms with Gasteiger partial charge < -0.3 is 20.1 Å². The van der Waals surface area contributed by atoms with Crippen molar-refractivity contribution in [3.05, 3.63) is 18.0 Å². The number of aryl methyl sites for hydroxylation is 1. The molecule has 0 aromatic carbocycles. The molecule has 0 atom stereocenters. The number of guanidine groups is 1. The Kier molecular flexibility index (Phi) is 12.3. The van der Waals surface area contributed by atoms with E-state index in [0.29, 0.717) is 19.8 Å². The third-order valence-electron chi connectivity index (χ3n) is 2.63. The molecule has 8 heteroatoms. The van der Waals surface area contributed by atoms with Crippen LogP contribution in [0.5, 0.6) is 0 Å². The summed E-state index contributed by atoms with van der Waals surface area (Å²) in [5.41, 5.74) is 1.12. The summed E-state index contributed by atoms with van der Waals surface area (Å²) in [7, 11) is 5.33. The standard InChI is InChI=1S/C13H25N5O2.HI/c1-14-13(15-5-4-6-20-8-7-19-3)16-9-12-10-17-18(2)11-12;/h10-11H,4-9H2,1-3H3,(H2,14,15,16);1H. The monoisotopic (exact) mass is 411 g/mol. The quantitative estimate of drug-likeness (QED) is 0.272. The molecule has 0 fully saturated rings. The number of rotatable bonds is 9. The summed E-state index contributed by atoms with van der Waals surface area (Å²) in [5.74, 6) is 0.783. The average Bonchev–Trinajstić information content (AvgIpc) is 2.87. The van der Waals surface area contributed by atoms with Crippen molar-refractivity contribution in [3.63, 3.8) is 0 Å². The lowest BCUT2D eigenvalue weighted by molar-refractivity contribution is 0.0698. The molecule has 0 saturated heterocycles. The second-order valence-corrected chi connectivity index (χ2v) is 4.33. The van der Waals surface area contributed by atoms with Crippen molar-refractivity contribution >= 4 is 29.9 Å². The predicted octanol–water partition coefficient (Wildman–Crippen LogP) is 0.756. The first-order valence-electron chi connectivity index (χ1n) is 6.75. The van der Waals surface area contributed by atoms with E-state index >= 15 is 0 Å². The maximum absolute atomic E-state index is 5.39. The van der Waals surface area contributed by atoms with Crippen molar-refractivity contribution in [1.29, 1.82) is 0 Å². The molecule has 21 heavy (non-hydrogen) atoms. The van der Waals surface area contributed by atoms with Crippen LogP contribution in [0.4, 0.5) is 0 Å². The Labute approximate surface area is 143 Å². The molecule has 0 bridgehead atoms. The van der Waals surface area contributed by atoms with Gasteiger partial charge in [0.05, 0.1) is 19.4 Å². The van der Waals surface area contributed by atoms with Crippen LogP contribution < -0.4 is 10.6 Å². The number of methoxy groups -OCH3 is 1. The number of nitrogens with zero attached hydrogens (tertiary/aromatic N) is 3. The normalized spacial score (nSPS) is 11.1. The lowest BCUT2D eigenvalue weighted by Gasteiger charge is -2.11. The van der Waals surface area contributed by atoms with Crippen LogP contribution in [0.15, 0.2) is 17.4 Å². The van der Waals surface area contributed by atoms with E-state index in [1.54, 1.807) is 18.8 Å². The van der Waals surface area contributed by atoms with Crippen LogP contribution in [-0.2, 0) is 23.1 Å². The molecule has 2 N–H and O–H groups in total. The highest BCUT2D eigenvalue weighted by Crippen LogP contribution is 1.94. The van der Waals surface area contributed by atoms with Crippen LogP contribution in [0.25, 0.3) is 0 Å². The SMILES string of the molecule is CN=C(NCCCOCCOC)NCc1cnn(C)c1.I. The maximum atomic E-state index is 5.39. The molecule has 1 rings (SSSR count). The Hall–Kier alpha value is -0.870. The summed E-state index contributed by atoms with van der Waals surface area (Å²) >= 11 is 0. The fourth-order valence-electron chi connectivity index (χ4n) is 1.59. The summed E-state index contributed by atoms with van der Waals surface area (Å²) in [6.07, 6.45) is 4.74. The zero-order valence-electron chi connectivity index (χ0n) is 13.0. The van der Waals surface area contributed by atoms with Gasteiger partial charge in [0.25, 0.3) is 0 Å². The number of aromatic nitrogens is 2. The number of nitrogens with one attached hydrogen (secondary N) is 2. The van der Waals surface area contributed by atoms with Crippen molar-refractivity contribution in [3.8, 4) is 0 Å². The van der Waals surface area contributed by atoms with Crippen molar-refractivity contribution in [2.75, 3.05) is 40.5 Å². The van der Waals surface area contributed by atoms with Gasteiger partial charge in [0.2, 0.25) is 0 Å². The Morgan fingerprint density at radius 2 is 2.14 bits per heavy atom. The van der Waals surface area contributed by atoms with E-state index in [-0.39, 0.29) is 24.0 Å². The second kappa shape index (κ2) is 12.8. The minimum absolute atomic E-state index is 0. The van der Waals surface area contributed by atoms with Gasteiger partial charge in [-0.25, -0.2) is 0 Å². The number of hydrogen-bond acceptors (Lipinski definition) is 4. The Bertz CT molecular complexity index is 398. The number of ether oxygens (including phenoxy) is 2. The lowest BCUT2D eigenvalue weighted by Crippen LogP contribution is -2.37. The number of hydrogen-bond donors (Lipinski definition) is 2. The van der Waals surface area contributed by atoms with E-state index in [4.69, 9.17) is 9.47 Å². The fourth-order valence-corrected chi connectivity index (χ4v) is 1.59. The third-order valence-corrected chi connectivity index (χ3v) is 2.63. The van der Waals surface area contributed by atoms with E-state index in [1.807, 2.05) is 19.4 Å². The molecule has 0 aliphatic rings. The summed E-state index contributed by atoms with van der Waals surface area (Å²) in [5, 5.41) is 10.6. The average molecular weight is 411 g/mol. The van der Waals surface area contributed by atoms with Crippen LogP contribution in [0.2, 0.25) is 0 Å². The van der Waals surface area contributed by atoms with E-state index in [0.717, 1.165) is 31.1 Å². The summed E-state index contributed by atoms with van der Waals surface area (Å²) in [6.45, 7) is 3.53. The van der Waals surface area contributed by atoms with Crippen LogP contribution in [-0.4, -0.2) is 56.3 Å². The zero-order valence-corrected chi connectivity index (χ0v) is 15.3. The van der Waals surface area contributed by atoms with E-state index in [1.165, 1.54) is 0 Å². The van der Waals surface area contributed by atoms with Gasteiger partial charge in [0.1, 0.15) is 0 Å². The highest BCUT2D eigenvalue weighted by molar-refractivity contribution is 14.0. The molecule has 1 aromatic heterocycles. The van der Waals surface area contributed by atoms with Crippen molar-refractivity contribution < 1.29 is 9.47 Å². The predicted molar refractivity (Wildman–Crippen MR) is 94.1 cm³/mol. The molecule has 1 aromatic rings. The first-order chi connectivity index (χ1) is 9.76. The lowest BCUT2D eigenvalue weighted by atomic mass is 10.3. The van der Waals surface area contributed by atoms with Gasteiger partial charge in [-0.05, 0) is 6.42 Å². The largest absolute Gasteiger partial charge is 0.382 e. The molecule has 0 unspecified atom stereocenters. The molecule has 1 heterocycles. The maximum Gasteiger partial charge on any atom is 0.191 e. The third kappa shape index (κ3) is 9.64. The summed E-state index contributed by atoms with van der Waals surface area (Å²) < 4.78 is 12.1. The number of aliphatic imine (C=N–C) groups is 1. The smallest absolute Gasteiger partial charge is 0.191 e. The van der Waals surface area contributed by atoms with Gasteiger partial charge in [0, 0.05) is 52.7 Å². The molecule has 0 aliphatic heterocycles. The molecule has 122 valence electrons. The fraction of sp³-hybridized carbons (Fsp3) is 0.692. The topological polar surface area (TPSA) is 72.7 Å². The van der Waals surface area contributed by atoms with Gasteiger partial charge in [-0.15, -0.1) is 24.0 Å². The Balaban J connectivity index is 0.00000400. The summed E-state index contributed by atoms with van der Waals surface area (Å²) in [6, 6.07) is 0. The molecular formula is C13H26IN5O2. The summed E-state index contributed by atoms with van der Waals surface area (Å²) in [4.78, 5) is 4.16. The molecule has 0 radical (unpaired) electrons. The van der Waals surface area contributed by atoms with Crippen molar-refractivity contribution in [2.24, 2.45) is 12.0 Å². The minimum atomic E-state index is 0. The van der Waals surface area contributed by atoms with Crippen LogP contribution >= 0.6 is 24.0 Å². The minimum Gasteiger partial charge on any atom is -0.382 e. The van der Waals surface area contributed by atoms with E-state index in [9.17, 15) is 0 Å². The van der Waals surface area contributed by atoms with Crippen LogP contribution in [0.3, 0.4) is 0 Å². The molecule has 7 nitrogen and oxygen atoms in total. The van der Waals surface area contributed by atoms with Gasteiger partial charge in [-0.3, -0.25) is 9.67 Å². The highest BCUT2D eigenvalue weighted by atomic mass is 127. The molecular weight excluding hydrogens is 385 g/mol. The first-order valence-corrected chi connectivity index (χ1v) is 6.75. The van der Waals surface area contributed by atoms with E-state index in [2.05, 4.69) is 20.7 Å². The number of halogens is 1. The zero-order chi connectivity index (χ0) is 14.6. The van der Waals surface area contributed by atoms with Gasteiger partial charge in [-0.2, -0.15) is 5.10 Å². The Morgan fingerprint density at radius 1 is 1.33 bits per heavy atom. The molecule has 0 spiro atoms. The van der Waals surface area contributed by atoms with E-state index < -0.39 is 0 Å². The van der Waals surface area contributed by atoms with Crippen LogP contribution in [0, 0.1) is 0 Å². The van der Waals surface area contributed by atoms with Gasteiger partial charge >= 0.3 is 0 Å². The van der Waals surface area contributed by atoms with Crippen LogP contribution in [0.1, 0.15) is 12.0 Å². The van der Waals surface area contributed by atoms with Gasteiger partial charge in [0.15, 0.2) is 5.96 Å². The van der Waals surface area contributed by atoms with Crippen molar-refractivity contribution in [1.82, 2.24) is 20.4 Å². The second-order valence-electron chi connectivity index (χ2n) is 4.33. The molecule has 0 amide bonds. The van der Waals surface area contributed by atoms with Crippen molar-refractivity contribution in [2.45, 2.75) is 13.0 Å². The highest BCUT2D eigenvalue weighted by Gasteiger charge is 1.99.